The first-order valence-corrected chi connectivity index (χ1v) is 0. The Morgan fingerprint density at radius 2 is 0.600 bits per heavy atom. The second-order valence-corrected chi connectivity index (χ2v) is 0. The summed E-state index contributed by atoms with van der Waals surface area (Å²) in [7, 11) is 0. The molecule has 0 aromatic carbocycles. The number of hydrogen-bond acceptors (Lipinski definition) is 0. The summed E-state index contributed by atoms with van der Waals surface area (Å²) in [5, 5.41) is 0. The molecule has 0 aliphatic carbocycles. The summed E-state index contributed by atoms with van der Waals surface area (Å²) in [4.78, 5) is 0. The van der Waals surface area contributed by atoms with Crippen molar-refractivity contribution in [2.45, 2.75) is 0 Å². The standard InChI is InChI=1S/K.3H2O.Ta/h;3*1H2;. The third kappa shape index (κ3) is 22.3. The summed E-state index contributed by atoms with van der Waals surface area (Å²) in [6.07, 6.45) is 0. The Hall–Kier alpha value is 2.26. The van der Waals surface area contributed by atoms with Crippen molar-refractivity contribution in [2.24, 2.45) is 0 Å². The van der Waals surface area contributed by atoms with Crippen LogP contribution in [0.5, 0.6) is 0 Å². The predicted octanol–water partition coefficient (Wildman–Crippen LogP) is -2.86. The fraction of sp³-hybridized carbons (Fsp3) is 0. The molecule has 3 nitrogen and oxygen atoms in total. The maximum atomic E-state index is 0. The van der Waals surface area contributed by atoms with Gasteiger partial charge in [0.1, 0.15) is 0 Å². The molecule has 5 heavy (non-hydrogen) atoms. The third-order valence-electron chi connectivity index (χ3n) is 0. The second kappa shape index (κ2) is 33.9. The minimum Gasteiger partial charge on any atom is -0.412 e. The van der Waals surface area contributed by atoms with Crippen LogP contribution in [0.25, 0.3) is 0 Å². The smallest absolute Gasteiger partial charge is 0 e. The zero-order chi connectivity index (χ0) is 0. The van der Waals surface area contributed by atoms with Gasteiger partial charge in [-0.05, 0) is 0 Å². The molecule has 5 heteroatoms. The molecule has 0 saturated carbocycles. The van der Waals surface area contributed by atoms with Gasteiger partial charge < -0.3 is 16.4 Å². The molecule has 0 aromatic heterocycles. The van der Waals surface area contributed by atoms with Crippen molar-refractivity contribution in [2.75, 3.05) is 0 Å². The summed E-state index contributed by atoms with van der Waals surface area (Å²) in [5.41, 5.74) is 0. The average molecular weight is 274 g/mol. The minimum absolute atomic E-state index is 0. The monoisotopic (exact) mass is 274 g/mol. The Labute approximate surface area is 88.4 Å². The molecule has 0 fully saturated rings. The van der Waals surface area contributed by atoms with Gasteiger partial charge in [0, 0.05) is 73.8 Å². The molecular weight excluding hydrogens is 268 g/mol. The molecule has 0 rings (SSSR count). The molecule has 2 radical (unpaired) electrons. The number of rotatable bonds is 0. The zero-order valence-corrected chi connectivity index (χ0v) is 9.28. The van der Waals surface area contributed by atoms with Gasteiger partial charge in [0.05, 0.1) is 0 Å². The molecule has 0 atom stereocenters. The van der Waals surface area contributed by atoms with Crippen molar-refractivity contribution in [1.82, 2.24) is 0 Å². The molecular formula is H6KO3Ta. The molecule has 0 aliphatic heterocycles. The zero-order valence-electron chi connectivity index (χ0n) is 2.95. The van der Waals surface area contributed by atoms with Gasteiger partial charge in [0.25, 0.3) is 0 Å². The molecule has 0 saturated heterocycles. The Balaban J connectivity index is 0. The van der Waals surface area contributed by atoms with Gasteiger partial charge >= 0.3 is 0 Å². The molecule has 0 heterocycles. The van der Waals surface area contributed by atoms with Crippen molar-refractivity contribution in [1.29, 1.82) is 0 Å². The van der Waals surface area contributed by atoms with E-state index in [0.717, 1.165) is 0 Å². The first kappa shape index (κ1) is 55.8. The first-order chi connectivity index (χ1) is 0. The van der Waals surface area contributed by atoms with Crippen LogP contribution in [0.1, 0.15) is 0 Å². The first-order valence-electron chi connectivity index (χ1n) is 0. The molecule has 30 valence electrons. The summed E-state index contributed by atoms with van der Waals surface area (Å²) in [5.74, 6) is 0. The largest absolute Gasteiger partial charge is 0.412 e. The third-order valence-corrected chi connectivity index (χ3v) is 0. The molecule has 0 unspecified atom stereocenters. The summed E-state index contributed by atoms with van der Waals surface area (Å²) in [6, 6.07) is 0. The van der Waals surface area contributed by atoms with Crippen LogP contribution >= 0.6 is 0 Å². The minimum atomic E-state index is 0. The van der Waals surface area contributed by atoms with Crippen LogP contribution in [-0.4, -0.2) is 67.8 Å². The van der Waals surface area contributed by atoms with Crippen LogP contribution in [0.2, 0.25) is 0 Å². The van der Waals surface area contributed by atoms with Crippen LogP contribution in [0.3, 0.4) is 0 Å². The summed E-state index contributed by atoms with van der Waals surface area (Å²) < 4.78 is 0. The van der Waals surface area contributed by atoms with Crippen molar-refractivity contribution in [3.8, 4) is 0 Å². The van der Waals surface area contributed by atoms with Gasteiger partial charge in [0.15, 0.2) is 0 Å². The fourth-order valence-corrected chi connectivity index (χ4v) is 0. The fourth-order valence-electron chi connectivity index (χ4n) is 0. The Morgan fingerprint density at radius 1 is 0.600 bits per heavy atom. The predicted molar refractivity (Wildman–Crippen MR) is 16.6 cm³/mol. The SMILES string of the molecule is O.O.O.[K].[Ta]. The maximum Gasteiger partial charge on any atom is 0 e. The van der Waals surface area contributed by atoms with E-state index in [1.54, 1.807) is 0 Å². The number of hydrogen-bond donors (Lipinski definition) is 0. The maximum absolute atomic E-state index is 0. The van der Waals surface area contributed by atoms with E-state index in [4.69, 9.17) is 0 Å². The Morgan fingerprint density at radius 3 is 0.600 bits per heavy atom. The van der Waals surface area contributed by atoms with Crippen molar-refractivity contribution < 1.29 is 38.8 Å². The van der Waals surface area contributed by atoms with Crippen LogP contribution in [0, 0.1) is 0 Å². The van der Waals surface area contributed by atoms with E-state index in [1.807, 2.05) is 0 Å². The summed E-state index contributed by atoms with van der Waals surface area (Å²) >= 11 is 0. The van der Waals surface area contributed by atoms with Gasteiger partial charge in [-0.1, -0.05) is 0 Å². The van der Waals surface area contributed by atoms with E-state index >= 15 is 0 Å². The second-order valence-electron chi connectivity index (χ2n) is 0. The van der Waals surface area contributed by atoms with Gasteiger partial charge in [-0.3, -0.25) is 0 Å². The van der Waals surface area contributed by atoms with Crippen LogP contribution < -0.4 is 0 Å². The Bertz CT molecular complexity index is 6.85. The van der Waals surface area contributed by atoms with Gasteiger partial charge in [0.2, 0.25) is 0 Å². The molecule has 6 N–H and O–H groups in total. The summed E-state index contributed by atoms with van der Waals surface area (Å²) in [6.45, 7) is 0. The van der Waals surface area contributed by atoms with E-state index in [2.05, 4.69) is 0 Å². The van der Waals surface area contributed by atoms with E-state index in [9.17, 15) is 0 Å². The van der Waals surface area contributed by atoms with Crippen LogP contribution in [0.4, 0.5) is 0 Å². The van der Waals surface area contributed by atoms with Gasteiger partial charge in [-0.15, -0.1) is 0 Å². The molecule has 0 aromatic rings. The van der Waals surface area contributed by atoms with Crippen LogP contribution in [0.15, 0.2) is 0 Å². The molecule has 0 spiro atoms. The normalized spacial score (nSPS) is 0. The van der Waals surface area contributed by atoms with E-state index in [-0.39, 0.29) is 90.2 Å². The quantitative estimate of drug-likeness (QED) is 0.425. The van der Waals surface area contributed by atoms with Crippen molar-refractivity contribution >= 4 is 51.4 Å². The van der Waals surface area contributed by atoms with Gasteiger partial charge in [-0.25, -0.2) is 0 Å². The van der Waals surface area contributed by atoms with E-state index in [1.165, 1.54) is 0 Å². The van der Waals surface area contributed by atoms with Crippen LogP contribution in [-0.2, 0) is 22.4 Å². The Kier molecular flexibility index (Phi) is 379. The molecule has 0 aliphatic rings. The van der Waals surface area contributed by atoms with E-state index < -0.39 is 0 Å². The topological polar surface area (TPSA) is 94.5 Å². The van der Waals surface area contributed by atoms with Gasteiger partial charge in [-0.2, -0.15) is 0 Å². The van der Waals surface area contributed by atoms with Crippen molar-refractivity contribution in [3.05, 3.63) is 0 Å². The van der Waals surface area contributed by atoms with Crippen molar-refractivity contribution in [3.63, 3.8) is 0 Å². The van der Waals surface area contributed by atoms with E-state index in [0.29, 0.717) is 0 Å². The average Bonchev–Trinajstić information content (AvgIpc) is 0. The molecule has 0 amide bonds. The molecule has 0 bridgehead atoms.